The van der Waals surface area contributed by atoms with Gasteiger partial charge in [0.2, 0.25) is 0 Å². The van der Waals surface area contributed by atoms with Crippen LogP contribution in [0, 0.1) is 0 Å². The van der Waals surface area contributed by atoms with Crippen LogP contribution >= 0.6 is 0 Å². The molecule has 2 amide bonds. The minimum Gasteiger partial charge on any atom is -0.364 e. The maximum Gasteiger partial charge on any atom is 0.253 e. The van der Waals surface area contributed by atoms with E-state index < -0.39 is 0 Å². The molecule has 8 nitrogen and oxygen atoms in total. The molecule has 2 aromatic rings. The quantitative estimate of drug-likeness (QED) is 0.470. The Morgan fingerprint density at radius 2 is 1.03 bits per heavy atom. The Bertz CT molecular complexity index is 1130. The predicted octanol–water partition coefficient (Wildman–Crippen LogP) is 4.51. The number of aromatic nitrogens is 2. The van der Waals surface area contributed by atoms with E-state index in [1.807, 2.05) is 41.5 Å². The maximum atomic E-state index is 12.2. The van der Waals surface area contributed by atoms with Gasteiger partial charge in [0.1, 0.15) is 0 Å². The van der Waals surface area contributed by atoms with Gasteiger partial charge >= 0.3 is 0 Å². The molecule has 0 atom stereocenters. The first-order valence-corrected chi connectivity index (χ1v) is 12.4. The fraction of sp³-hybridized carbons (Fsp3) is 0.556. The van der Waals surface area contributed by atoms with Crippen LogP contribution in [0.25, 0.3) is 0 Å². The van der Waals surface area contributed by atoms with Crippen LogP contribution in [-0.2, 0) is 12.8 Å². The molecule has 0 aliphatic heterocycles. The molecule has 0 saturated heterocycles. The van der Waals surface area contributed by atoms with Gasteiger partial charge in [0, 0.05) is 47.7 Å². The number of carbonyl (C=O) groups is 4. The van der Waals surface area contributed by atoms with Crippen LogP contribution in [0.15, 0.2) is 12.4 Å². The summed E-state index contributed by atoms with van der Waals surface area (Å²) in [6.07, 6.45) is 8.87. The van der Waals surface area contributed by atoms with Crippen molar-refractivity contribution in [2.45, 2.75) is 97.6 Å². The molecule has 2 aliphatic rings. The zero-order chi connectivity index (χ0) is 26.0. The van der Waals surface area contributed by atoms with E-state index in [4.69, 9.17) is 0 Å². The molecule has 0 radical (unpaired) electrons. The van der Waals surface area contributed by atoms with Gasteiger partial charge in [0.15, 0.2) is 11.6 Å². The zero-order valence-electron chi connectivity index (χ0n) is 21.7. The summed E-state index contributed by atoms with van der Waals surface area (Å²) in [4.78, 5) is 54.2. The second-order valence-electron chi connectivity index (χ2n) is 11.4. The number of carbonyl (C=O) groups excluding carboxylic acids is 4. The van der Waals surface area contributed by atoms with Crippen molar-refractivity contribution in [2.75, 3.05) is 0 Å². The number of nitrogens with one attached hydrogen (secondary N) is 4. The Morgan fingerprint density at radius 1 is 0.657 bits per heavy atom. The highest BCUT2D eigenvalue weighted by atomic mass is 16.2. The Balaban J connectivity index is 0.000000196. The summed E-state index contributed by atoms with van der Waals surface area (Å²) in [5.41, 5.74) is 3.41. The largest absolute Gasteiger partial charge is 0.364 e. The molecule has 0 fully saturated rings. The molecule has 2 aliphatic carbocycles. The van der Waals surface area contributed by atoms with E-state index in [-0.39, 0.29) is 34.5 Å². The summed E-state index contributed by atoms with van der Waals surface area (Å²) in [7, 11) is 0. The van der Waals surface area contributed by atoms with Crippen LogP contribution < -0.4 is 10.6 Å². The van der Waals surface area contributed by atoms with Crippen LogP contribution in [0.2, 0.25) is 0 Å². The SMILES string of the molecule is CC(C)(C)NC(=O)c1c[nH]c2c1C(=O)CCC2.CC(C)(C)NC(=O)c1c[nH]c2c1C(=O)CCCC2. The second kappa shape index (κ2) is 10.2. The van der Waals surface area contributed by atoms with Crippen LogP contribution in [-0.4, -0.2) is 44.4 Å². The van der Waals surface area contributed by atoms with Gasteiger partial charge in [-0.25, -0.2) is 0 Å². The molecule has 0 unspecified atom stereocenters. The highest BCUT2D eigenvalue weighted by molar-refractivity contribution is 6.10. The number of Topliss-reactive ketones (excluding diaryl/α,β-unsaturated/α-hetero) is 2. The van der Waals surface area contributed by atoms with Gasteiger partial charge in [0.05, 0.1) is 22.3 Å². The maximum absolute atomic E-state index is 12.2. The summed E-state index contributed by atoms with van der Waals surface area (Å²) in [6, 6.07) is 0. The molecule has 0 saturated carbocycles. The van der Waals surface area contributed by atoms with Crippen LogP contribution in [0.1, 0.15) is 126 Å². The Labute approximate surface area is 207 Å². The molecule has 190 valence electrons. The number of rotatable bonds is 2. The topological polar surface area (TPSA) is 124 Å². The Morgan fingerprint density at radius 3 is 1.46 bits per heavy atom. The van der Waals surface area contributed by atoms with Crippen molar-refractivity contribution in [3.8, 4) is 0 Å². The fourth-order valence-corrected chi connectivity index (χ4v) is 4.40. The van der Waals surface area contributed by atoms with Gasteiger partial charge in [0.25, 0.3) is 11.8 Å². The molecular weight excluding hydrogens is 444 g/mol. The molecule has 35 heavy (non-hydrogen) atoms. The van der Waals surface area contributed by atoms with Crippen LogP contribution in [0.3, 0.4) is 0 Å². The smallest absolute Gasteiger partial charge is 0.253 e. The molecule has 2 aromatic heterocycles. The van der Waals surface area contributed by atoms with Crippen molar-refractivity contribution in [3.63, 3.8) is 0 Å². The van der Waals surface area contributed by atoms with Crippen LogP contribution in [0.4, 0.5) is 0 Å². The normalized spacial score (nSPS) is 15.8. The molecule has 8 heteroatoms. The highest BCUT2D eigenvalue weighted by Gasteiger charge is 2.28. The van der Waals surface area contributed by atoms with Crippen molar-refractivity contribution >= 4 is 23.4 Å². The molecule has 2 heterocycles. The summed E-state index contributed by atoms with van der Waals surface area (Å²) in [5, 5.41) is 5.78. The molecule has 4 N–H and O–H groups in total. The number of fused-ring (bicyclic) bond motifs is 2. The van der Waals surface area contributed by atoms with Crippen LogP contribution in [0.5, 0.6) is 0 Å². The first kappa shape index (κ1) is 26.4. The van der Waals surface area contributed by atoms with Crippen molar-refractivity contribution < 1.29 is 19.2 Å². The van der Waals surface area contributed by atoms with Gasteiger partial charge in [-0.15, -0.1) is 0 Å². The van der Waals surface area contributed by atoms with Crippen molar-refractivity contribution in [3.05, 3.63) is 46.0 Å². The number of aryl methyl sites for hydroxylation is 2. The standard InChI is InChI=1S/C14H20N2O2.C13H18N2O2/c1-14(2,3)16-13(18)9-8-15-10-6-4-5-7-11(17)12(9)10;1-13(2,3)15-12(17)8-7-14-9-5-4-6-10(16)11(8)9/h8,15H,4-7H2,1-3H3,(H,16,18);7,14H,4-6H2,1-3H3,(H,15,17). The first-order valence-electron chi connectivity index (χ1n) is 12.4. The molecule has 0 spiro atoms. The van der Waals surface area contributed by atoms with E-state index in [1.165, 1.54) is 0 Å². The molecule has 0 aromatic carbocycles. The third-order valence-electron chi connectivity index (χ3n) is 5.86. The average Bonchev–Trinajstić information content (AvgIpc) is 3.30. The van der Waals surface area contributed by atoms with Gasteiger partial charge in [-0.05, 0) is 73.6 Å². The van der Waals surface area contributed by atoms with E-state index in [1.54, 1.807) is 12.4 Å². The number of amides is 2. The lowest BCUT2D eigenvalue weighted by Gasteiger charge is -2.21. The lowest BCUT2D eigenvalue weighted by atomic mass is 9.93. The number of ketones is 2. The number of hydrogen-bond donors (Lipinski definition) is 4. The summed E-state index contributed by atoms with van der Waals surface area (Å²) < 4.78 is 0. The van der Waals surface area contributed by atoms with E-state index in [9.17, 15) is 19.2 Å². The predicted molar refractivity (Wildman–Crippen MR) is 135 cm³/mol. The zero-order valence-corrected chi connectivity index (χ0v) is 21.7. The summed E-state index contributed by atoms with van der Waals surface area (Å²) >= 11 is 0. The third-order valence-corrected chi connectivity index (χ3v) is 5.86. The molecule has 4 rings (SSSR count). The monoisotopic (exact) mass is 482 g/mol. The Kier molecular flexibility index (Phi) is 7.72. The second-order valence-corrected chi connectivity index (χ2v) is 11.4. The van der Waals surface area contributed by atoms with Crippen molar-refractivity contribution in [1.29, 1.82) is 0 Å². The van der Waals surface area contributed by atoms with Gasteiger partial charge < -0.3 is 20.6 Å². The molecular formula is C27H38N4O4. The third kappa shape index (κ3) is 6.71. The number of aromatic amines is 2. The number of hydrogen-bond acceptors (Lipinski definition) is 4. The Hall–Kier alpha value is -3.16. The summed E-state index contributed by atoms with van der Waals surface area (Å²) in [5.74, 6) is -0.185. The van der Waals surface area contributed by atoms with E-state index >= 15 is 0 Å². The highest BCUT2D eigenvalue weighted by Crippen LogP contribution is 2.25. The van der Waals surface area contributed by atoms with Gasteiger partial charge in [-0.2, -0.15) is 0 Å². The van der Waals surface area contributed by atoms with Gasteiger partial charge in [-0.3, -0.25) is 19.2 Å². The minimum absolute atomic E-state index is 0.0755. The lowest BCUT2D eigenvalue weighted by Crippen LogP contribution is -2.41. The van der Waals surface area contributed by atoms with Gasteiger partial charge in [-0.1, -0.05) is 0 Å². The fourth-order valence-electron chi connectivity index (χ4n) is 4.40. The minimum atomic E-state index is -0.297. The summed E-state index contributed by atoms with van der Waals surface area (Å²) in [6.45, 7) is 11.6. The average molecular weight is 483 g/mol. The lowest BCUT2D eigenvalue weighted by molar-refractivity contribution is 0.0900. The van der Waals surface area contributed by atoms with E-state index in [2.05, 4.69) is 20.6 Å². The molecule has 0 bridgehead atoms. The first-order chi connectivity index (χ1) is 16.3. The van der Waals surface area contributed by atoms with Crippen molar-refractivity contribution in [2.24, 2.45) is 0 Å². The van der Waals surface area contributed by atoms with Crippen molar-refractivity contribution in [1.82, 2.24) is 20.6 Å². The number of H-pyrrole nitrogens is 2. The van der Waals surface area contributed by atoms with E-state index in [0.29, 0.717) is 35.1 Å². The van der Waals surface area contributed by atoms with E-state index in [0.717, 1.165) is 43.5 Å².